The van der Waals surface area contributed by atoms with Crippen molar-refractivity contribution in [3.8, 4) is 0 Å². The van der Waals surface area contributed by atoms with Crippen LogP contribution in [-0.2, 0) is 4.79 Å². The Morgan fingerprint density at radius 2 is 2.12 bits per heavy atom. The van der Waals surface area contributed by atoms with E-state index in [1.807, 2.05) is 6.92 Å². The van der Waals surface area contributed by atoms with E-state index in [2.05, 4.69) is 24.1 Å². The van der Waals surface area contributed by atoms with Gasteiger partial charge in [0.2, 0.25) is 5.91 Å². The minimum Gasteiger partial charge on any atom is -0.352 e. The van der Waals surface area contributed by atoms with Gasteiger partial charge in [0.1, 0.15) is 0 Å². The first-order valence-corrected chi connectivity index (χ1v) is 5.76. The number of halogens is 1. The maximum absolute atomic E-state index is 11.6. The van der Waals surface area contributed by atoms with Crippen LogP contribution in [0.2, 0.25) is 0 Å². The predicted octanol–water partition coefficient (Wildman–Crippen LogP) is 0.602. The second-order valence-corrected chi connectivity index (χ2v) is 4.88. The van der Waals surface area contributed by atoms with Crippen molar-refractivity contribution in [1.29, 1.82) is 0 Å². The number of hydrogen-bond acceptors (Lipinski definition) is 3. The van der Waals surface area contributed by atoms with Crippen molar-refractivity contribution in [3.63, 3.8) is 0 Å². The number of rotatable bonds is 4. The monoisotopic (exact) mass is 249 g/mol. The van der Waals surface area contributed by atoms with E-state index in [0.29, 0.717) is 12.5 Å². The lowest BCUT2D eigenvalue weighted by molar-refractivity contribution is -0.122. The van der Waals surface area contributed by atoms with Crippen molar-refractivity contribution in [2.45, 2.75) is 39.3 Å². The van der Waals surface area contributed by atoms with E-state index in [1.165, 1.54) is 0 Å². The summed E-state index contributed by atoms with van der Waals surface area (Å²) in [5.74, 6) is 0.597. The lowest BCUT2D eigenvalue weighted by Crippen LogP contribution is -2.42. The Morgan fingerprint density at radius 3 is 2.56 bits per heavy atom. The molecule has 1 aliphatic heterocycles. The summed E-state index contributed by atoms with van der Waals surface area (Å²) in [6, 6.07) is 0.495. The second kappa shape index (κ2) is 7.09. The number of nitrogens with zero attached hydrogens (tertiary/aromatic N) is 1. The molecule has 1 unspecified atom stereocenters. The van der Waals surface area contributed by atoms with E-state index in [4.69, 9.17) is 5.73 Å². The summed E-state index contributed by atoms with van der Waals surface area (Å²) in [6.45, 7) is 8.55. The molecule has 1 rings (SSSR count). The zero-order valence-electron chi connectivity index (χ0n) is 10.4. The minimum atomic E-state index is 0. The molecule has 0 radical (unpaired) electrons. The molecule has 1 aliphatic rings. The highest BCUT2D eigenvalue weighted by Crippen LogP contribution is 2.06. The van der Waals surface area contributed by atoms with Crippen LogP contribution in [0.3, 0.4) is 0 Å². The van der Waals surface area contributed by atoms with Crippen molar-refractivity contribution in [2.24, 2.45) is 11.7 Å². The normalized spacial score (nSPS) is 22.9. The zero-order chi connectivity index (χ0) is 11.4. The smallest absolute Gasteiger partial charge is 0.234 e. The molecule has 2 atom stereocenters. The van der Waals surface area contributed by atoms with Crippen LogP contribution in [0.15, 0.2) is 0 Å². The largest absolute Gasteiger partial charge is 0.352 e. The van der Waals surface area contributed by atoms with Gasteiger partial charge in [0.05, 0.1) is 6.54 Å². The molecule has 4 nitrogen and oxygen atoms in total. The Balaban J connectivity index is 0.00000225. The SMILES string of the molecule is CC(C)C(C)NC(=O)CN1CC[C@H](N)C1.Cl. The summed E-state index contributed by atoms with van der Waals surface area (Å²) in [7, 11) is 0. The molecule has 0 spiro atoms. The lowest BCUT2D eigenvalue weighted by atomic mass is 10.1. The van der Waals surface area contributed by atoms with E-state index in [0.717, 1.165) is 19.5 Å². The summed E-state index contributed by atoms with van der Waals surface area (Å²) in [4.78, 5) is 13.7. The van der Waals surface area contributed by atoms with Crippen LogP contribution in [-0.4, -0.2) is 42.5 Å². The van der Waals surface area contributed by atoms with Crippen molar-refractivity contribution in [1.82, 2.24) is 10.2 Å². The fraction of sp³-hybridized carbons (Fsp3) is 0.909. The van der Waals surface area contributed by atoms with E-state index in [-0.39, 0.29) is 30.4 Å². The molecule has 1 amide bonds. The molecular formula is C11H24ClN3O. The molecule has 0 aromatic carbocycles. The highest BCUT2D eigenvalue weighted by Gasteiger charge is 2.21. The number of nitrogens with one attached hydrogen (secondary N) is 1. The van der Waals surface area contributed by atoms with Crippen LogP contribution in [0.5, 0.6) is 0 Å². The molecule has 1 fully saturated rings. The third kappa shape index (κ3) is 5.14. The number of likely N-dealkylation sites (tertiary alicyclic amines) is 1. The topological polar surface area (TPSA) is 58.4 Å². The molecule has 0 aromatic heterocycles. The number of nitrogens with two attached hydrogens (primary N) is 1. The lowest BCUT2D eigenvalue weighted by Gasteiger charge is -2.20. The van der Waals surface area contributed by atoms with Gasteiger partial charge in [-0.1, -0.05) is 13.8 Å². The molecule has 96 valence electrons. The van der Waals surface area contributed by atoms with Crippen molar-refractivity contribution in [2.75, 3.05) is 19.6 Å². The third-order valence-corrected chi connectivity index (χ3v) is 3.06. The molecule has 5 heteroatoms. The molecule has 0 saturated carbocycles. The predicted molar refractivity (Wildman–Crippen MR) is 68.7 cm³/mol. The fourth-order valence-electron chi connectivity index (χ4n) is 1.68. The average molecular weight is 250 g/mol. The van der Waals surface area contributed by atoms with Gasteiger partial charge in [0, 0.05) is 25.2 Å². The highest BCUT2D eigenvalue weighted by molar-refractivity contribution is 5.85. The Hall–Kier alpha value is -0.320. The summed E-state index contributed by atoms with van der Waals surface area (Å²) in [5.41, 5.74) is 5.78. The van der Waals surface area contributed by atoms with Crippen LogP contribution in [0.1, 0.15) is 27.2 Å². The van der Waals surface area contributed by atoms with Crippen molar-refractivity contribution < 1.29 is 4.79 Å². The maximum Gasteiger partial charge on any atom is 0.234 e. The summed E-state index contributed by atoms with van der Waals surface area (Å²) < 4.78 is 0. The van der Waals surface area contributed by atoms with Crippen LogP contribution in [0.25, 0.3) is 0 Å². The summed E-state index contributed by atoms with van der Waals surface area (Å²) in [5, 5.41) is 3.00. The van der Waals surface area contributed by atoms with Crippen LogP contribution in [0.4, 0.5) is 0 Å². The Kier molecular flexibility index (Phi) is 6.95. The number of carbonyl (C=O) groups excluding carboxylic acids is 1. The Labute approximate surface area is 104 Å². The molecule has 0 aromatic rings. The van der Waals surface area contributed by atoms with Crippen LogP contribution in [0, 0.1) is 5.92 Å². The first-order valence-electron chi connectivity index (χ1n) is 5.76. The minimum absolute atomic E-state index is 0. The second-order valence-electron chi connectivity index (χ2n) is 4.88. The quantitative estimate of drug-likeness (QED) is 0.767. The van der Waals surface area contributed by atoms with Crippen LogP contribution >= 0.6 is 12.4 Å². The van der Waals surface area contributed by atoms with Gasteiger partial charge in [0.15, 0.2) is 0 Å². The molecular weight excluding hydrogens is 226 g/mol. The van der Waals surface area contributed by atoms with E-state index in [9.17, 15) is 4.79 Å². The standard InChI is InChI=1S/C11H23N3O.ClH/c1-8(2)9(3)13-11(15)7-14-5-4-10(12)6-14;/h8-10H,4-7,12H2,1-3H3,(H,13,15);1H/t9?,10-;/m0./s1. The van der Waals surface area contributed by atoms with Crippen molar-refractivity contribution in [3.05, 3.63) is 0 Å². The fourth-order valence-corrected chi connectivity index (χ4v) is 1.68. The molecule has 1 saturated heterocycles. The number of hydrogen-bond donors (Lipinski definition) is 2. The highest BCUT2D eigenvalue weighted by atomic mass is 35.5. The van der Waals surface area contributed by atoms with E-state index < -0.39 is 0 Å². The summed E-state index contributed by atoms with van der Waals surface area (Å²) in [6.07, 6.45) is 1.01. The first-order chi connectivity index (χ1) is 6.99. The van der Waals surface area contributed by atoms with Crippen molar-refractivity contribution >= 4 is 18.3 Å². The van der Waals surface area contributed by atoms with E-state index in [1.54, 1.807) is 0 Å². The molecule has 0 aliphatic carbocycles. The molecule has 16 heavy (non-hydrogen) atoms. The van der Waals surface area contributed by atoms with Gasteiger partial charge in [-0.3, -0.25) is 9.69 Å². The van der Waals surface area contributed by atoms with Gasteiger partial charge in [-0.25, -0.2) is 0 Å². The molecule has 3 N–H and O–H groups in total. The van der Waals surface area contributed by atoms with Gasteiger partial charge < -0.3 is 11.1 Å². The van der Waals surface area contributed by atoms with Gasteiger partial charge in [-0.05, 0) is 19.3 Å². The van der Waals surface area contributed by atoms with E-state index >= 15 is 0 Å². The van der Waals surface area contributed by atoms with Gasteiger partial charge in [-0.2, -0.15) is 0 Å². The zero-order valence-corrected chi connectivity index (χ0v) is 11.2. The third-order valence-electron chi connectivity index (χ3n) is 3.06. The molecule has 1 heterocycles. The molecule has 0 bridgehead atoms. The first kappa shape index (κ1) is 15.7. The Bertz CT molecular complexity index is 223. The Morgan fingerprint density at radius 1 is 1.50 bits per heavy atom. The summed E-state index contributed by atoms with van der Waals surface area (Å²) >= 11 is 0. The van der Waals surface area contributed by atoms with Gasteiger partial charge in [0.25, 0.3) is 0 Å². The van der Waals surface area contributed by atoms with Crippen LogP contribution < -0.4 is 11.1 Å². The number of carbonyl (C=O) groups is 1. The van der Waals surface area contributed by atoms with Gasteiger partial charge >= 0.3 is 0 Å². The number of amides is 1. The average Bonchev–Trinajstić information content (AvgIpc) is 2.50. The maximum atomic E-state index is 11.6. The van der Waals surface area contributed by atoms with Gasteiger partial charge in [-0.15, -0.1) is 12.4 Å².